The van der Waals surface area contributed by atoms with E-state index >= 15 is 0 Å². The number of aryl methyl sites for hydroxylation is 2. The van der Waals surface area contributed by atoms with Crippen LogP contribution in [0.25, 0.3) is 11.5 Å². The van der Waals surface area contributed by atoms with E-state index in [-0.39, 0.29) is 6.10 Å². The van der Waals surface area contributed by atoms with Crippen LogP contribution in [0.1, 0.15) is 41.3 Å². The molecule has 1 saturated heterocycles. The maximum atomic E-state index is 6.14. The fourth-order valence-electron chi connectivity index (χ4n) is 4.02. The quantitative estimate of drug-likeness (QED) is 0.433. The van der Waals surface area contributed by atoms with Crippen LogP contribution in [0.3, 0.4) is 0 Å². The van der Waals surface area contributed by atoms with Crippen molar-refractivity contribution in [3.63, 3.8) is 0 Å². The highest BCUT2D eigenvalue weighted by Gasteiger charge is 2.27. The summed E-state index contributed by atoms with van der Waals surface area (Å²) in [5.41, 5.74) is 5.54. The molecule has 6 heteroatoms. The van der Waals surface area contributed by atoms with Crippen molar-refractivity contribution in [1.82, 2.24) is 15.6 Å². The van der Waals surface area contributed by atoms with Gasteiger partial charge in [0.1, 0.15) is 6.26 Å². The predicted molar refractivity (Wildman–Crippen MR) is 127 cm³/mol. The molecule has 6 nitrogen and oxygen atoms in total. The van der Waals surface area contributed by atoms with E-state index in [0.29, 0.717) is 18.4 Å². The molecule has 1 aliphatic rings. The minimum Gasteiger partial charge on any atom is -0.444 e. The predicted octanol–water partition coefficient (Wildman–Crippen LogP) is 4.79. The standard InChI is InChI=1S/C26H32N4O2/c1-18-6-10-20(11-7-18)24-22(5-4-14-31-24)15-28-26(27-3)29-16-23-17-32-25(30-23)21-12-8-19(2)9-13-21/h6-13,17,22,24H,4-5,14-16H2,1-3H3,(H2,27,28,29). The fraction of sp³-hybridized carbons (Fsp3) is 0.385. The van der Waals surface area contributed by atoms with Crippen LogP contribution in [-0.4, -0.2) is 31.1 Å². The van der Waals surface area contributed by atoms with Crippen LogP contribution >= 0.6 is 0 Å². The molecule has 1 aliphatic heterocycles. The molecule has 32 heavy (non-hydrogen) atoms. The number of guanidine groups is 1. The van der Waals surface area contributed by atoms with Gasteiger partial charge in [-0.2, -0.15) is 0 Å². The molecular formula is C26H32N4O2. The Labute approximate surface area is 190 Å². The van der Waals surface area contributed by atoms with E-state index in [1.807, 2.05) is 12.1 Å². The van der Waals surface area contributed by atoms with E-state index in [9.17, 15) is 0 Å². The first-order valence-electron chi connectivity index (χ1n) is 11.3. The summed E-state index contributed by atoms with van der Waals surface area (Å²) in [6, 6.07) is 16.8. The zero-order valence-corrected chi connectivity index (χ0v) is 19.1. The first-order chi connectivity index (χ1) is 15.6. The third-order valence-electron chi connectivity index (χ3n) is 5.89. The van der Waals surface area contributed by atoms with E-state index < -0.39 is 0 Å². The van der Waals surface area contributed by atoms with Gasteiger partial charge < -0.3 is 19.8 Å². The molecule has 1 fully saturated rings. The van der Waals surface area contributed by atoms with Crippen molar-refractivity contribution in [2.24, 2.45) is 10.9 Å². The lowest BCUT2D eigenvalue weighted by Gasteiger charge is -2.32. The van der Waals surface area contributed by atoms with Crippen molar-refractivity contribution in [1.29, 1.82) is 0 Å². The van der Waals surface area contributed by atoms with Crippen LogP contribution in [0, 0.1) is 19.8 Å². The van der Waals surface area contributed by atoms with Gasteiger partial charge in [-0.1, -0.05) is 47.5 Å². The van der Waals surface area contributed by atoms with Crippen LogP contribution in [0.15, 0.2) is 64.2 Å². The molecule has 0 spiro atoms. The smallest absolute Gasteiger partial charge is 0.226 e. The summed E-state index contributed by atoms with van der Waals surface area (Å²) < 4.78 is 11.8. The van der Waals surface area contributed by atoms with Crippen LogP contribution in [0.4, 0.5) is 0 Å². The van der Waals surface area contributed by atoms with Gasteiger partial charge in [0.25, 0.3) is 0 Å². The van der Waals surface area contributed by atoms with Crippen LogP contribution < -0.4 is 10.6 Å². The summed E-state index contributed by atoms with van der Waals surface area (Å²) in [5, 5.41) is 6.80. The number of aliphatic imine (C=N–C) groups is 1. The van der Waals surface area contributed by atoms with Crippen molar-refractivity contribution in [3.05, 3.63) is 77.2 Å². The van der Waals surface area contributed by atoms with E-state index in [0.717, 1.165) is 43.2 Å². The maximum Gasteiger partial charge on any atom is 0.226 e. The van der Waals surface area contributed by atoms with Gasteiger partial charge in [0.05, 0.1) is 18.3 Å². The lowest BCUT2D eigenvalue weighted by molar-refractivity contribution is -0.0265. The van der Waals surface area contributed by atoms with Gasteiger partial charge in [-0.25, -0.2) is 4.98 Å². The molecule has 0 aliphatic carbocycles. The number of nitrogens with one attached hydrogen (secondary N) is 2. The summed E-state index contributed by atoms with van der Waals surface area (Å²) in [5.74, 6) is 1.77. The number of benzene rings is 2. The molecule has 0 radical (unpaired) electrons. The lowest BCUT2D eigenvalue weighted by atomic mass is 9.89. The average molecular weight is 433 g/mol. The highest BCUT2D eigenvalue weighted by atomic mass is 16.5. The monoisotopic (exact) mass is 432 g/mol. The maximum absolute atomic E-state index is 6.14. The highest BCUT2D eigenvalue weighted by Crippen LogP contribution is 2.33. The first kappa shape index (κ1) is 22.1. The van der Waals surface area contributed by atoms with Crippen molar-refractivity contribution < 1.29 is 9.15 Å². The molecule has 4 rings (SSSR count). The highest BCUT2D eigenvalue weighted by molar-refractivity contribution is 5.79. The van der Waals surface area contributed by atoms with Crippen LogP contribution in [-0.2, 0) is 11.3 Å². The molecule has 0 saturated carbocycles. The molecule has 3 aromatic rings. The summed E-state index contributed by atoms with van der Waals surface area (Å²) >= 11 is 0. The topological polar surface area (TPSA) is 71.7 Å². The van der Waals surface area contributed by atoms with Crippen molar-refractivity contribution in [2.75, 3.05) is 20.2 Å². The van der Waals surface area contributed by atoms with E-state index in [2.05, 4.69) is 70.9 Å². The van der Waals surface area contributed by atoms with E-state index in [1.165, 1.54) is 16.7 Å². The molecule has 2 unspecified atom stereocenters. The summed E-state index contributed by atoms with van der Waals surface area (Å²) in [6.45, 7) is 6.33. The van der Waals surface area contributed by atoms with E-state index in [4.69, 9.17) is 9.15 Å². The minimum atomic E-state index is 0.113. The first-order valence-corrected chi connectivity index (χ1v) is 11.3. The Bertz CT molecular complexity index is 1020. The lowest BCUT2D eigenvalue weighted by Crippen LogP contribution is -2.41. The molecule has 1 aromatic heterocycles. The Morgan fingerprint density at radius 1 is 1.03 bits per heavy atom. The van der Waals surface area contributed by atoms with Crippen LogP contribution in [0.5, 0.6) is 0 Å². The van der Waals surface area contributed by atoms with Crippen molar-refractivity contribution in [2.45, 2.75) is 39.3 Å². The second-order valence-corrected chi connectivity index (χ2v) is 8.42. The minimum absolute atomic E-state index is 0.113. The Morgan fingerprint density at radius 3 is 2.47 bits per heavy atom. The number of oxazole rings is 1. The molecule has 2 atom stereocenters. The van der Waals surface area contributed by atoms with Crippen molar-refractivity contribution >= 4 is 5.96 Å². The molecule has 0 amide bonds. The van der Waals surface area contributed by atoms with Crippen molar-refractivity contribution in [3.8, 4) is 11.5 Å². The number of ether oxygens (including phenoxy) is 1. The van der Waals surface area contributed by atoms with Gasteiger partial charge in [0.2, 0.25) is 5.89 Å². The Morgan fingerprint density at radius 2 is 1.75 bits per heavy atom. The number of nitrogens with zero attached hydrogens (tertiary/aromatic N) is 2. The molecule has 2 aromatic carbocycles. The summed E-state index contributed by atoms with van der Waals surface area (Å²) in [4.78, 5) is 8.96. The number of aromatic nitrogens is 1. The normalized spacial score (nSPS) is 19.0. The zero-order valence-electron chi connectivity index (χ0n) is 19.1. The molecule has 2 N–H and O–H groups in total. The van der Waals surface area contributed by atoms with Gasteiger partial charge in [-0.05, 0) is 44.4 Å². The average Bonchev–Trinajstić information content (AvgIpc) is 3.29. The van der Waals surface area contributed by atoms with Gasteiger partial charge in [-0.15, -0.1) is 0 Å². The van der Waals surface area contributed by atoms with Gasteiger partial charge >= 0.3 is 0 Å². The van der Waals surface area contributed by atoms with Crippen LogP contribution in [0.2, 0.25) is 0 Å². The zero-order chi connectivity index (χ0) is 22.3. The third kappa shape index (κ3) is 5.56. The Hall–Kier alpha value is -3.12. The fourth-order valence-corrected chi connectivity index (χ4v) is 4.02. The van der Waals surface area contributed by atoms with E-state index in [1.54, 1.807) is 13.3 Å². The SMILES string of the molecule is CN=C(NCc1coc(-c2ccc(C)cc2)n1)NCC1CCCOC1c1ccc(C)cc1. The second kappa shape index (κ2) is 10.5. The Balaban J connectivity index is 1.32. The number of hydrogen-bond acceptors (Lipinski definition) is 4. The molecule has 2 heterocycles. The number of hydrogen-bond donors (Lipinski definition) is 2. The summed E-state index contributed by atoms with van der Waals surface area (Å²) in [6.07, 6.45) is 4.02. The largest absolute Gasteiger partial charge is 0.444 e. The summed E-state index contributed by atoms with van der Waals surface area (Å²) in [7, 11) is 1.78. The van der Waals surface area contributed by atoms with Gasteiger partial charge in [0.15, 0.2) is 5.96 Å². The molecule has 0 bridgehead atoms. The molecule has 168 valence electrons. The van der Waals surface area contributed by atoms with Gasteiger partial charge in [0, 0.05) is 31.7 Å². The number of rotatable bonds is 6. The third-order valence-corrected chi connectivity index (χ3v) is 5.89. The molecular weight excluding hydrogens is 400 g/mol. The van der Waals surface area contributed by atoms with Gasteiger partial charge in [-0.3, -0.25) is 4.99 Å². The Kier molecular flexibility index (Phi) is 7.22. The second-order valence-electron chi connectivity index (χ2n) is 8.42.